The first-order valence-corrected chi connectivity index (χ1v) is 3.50. The highest BCUT2D eigenvalue weighted by molar-refractivity contribution is 5.93. The summed E-state index contributed by atoms with van der Waals surface area (Å²) in [5.41, 5.74) is 3.98. The highest BCUT2D eigenvalue weighted by Crippen LogP contribution is 2.24. The Morgan fingerprint density at radius 3 is 2.29 bits per heavy atom. The number of benzene rings is 1. The van der Waals surface area contributed by atoms with Gasteiger partial charge in [-0.05, 0) is 6.07 Å². The number of carbonyl (C=O) groups excluding carboxylic acids is 1. The van der Waals surface area contributed by atoms with Crippen molar-refractivity contribution >= 4 is 5.91 Å². The lowest BCUT2D eigenvalue weighted by atomic mass is 10.1. The molecule has 0 heterocycles. The van der Waals surface area contributed by atoms with Crippen molar-refractivity contribution in [3.8, 4) is 5.75 Å². The van der Waals surface area contributed by atoms with Gasteiger partial charge >= 0.3 is 0 Å². The summed E-state index contributed by atoms with van der Waals surface area (Å²) >= 11 is 0. The number of rotatable bonds is 2. The third kappa shape index (κ3) is 1.50. The number of primary amides is 1. The number of ether oxygens (including phenoxy) is 1. The number of hydrogen-bond acceptors (Lipinski definition) is 2. The van der Waals surface area contributed by atoms with E-state index < -0.39 is 34.7 Å². The fraction of sp³-hybridized carbons (Fsp3) is 0.125. The zero-order valence-electron chi connectivity index (χ0n) is 7.11. The van der Waals surface area contributed by atoms with E-state index in [0.717, 1.165) is 7.11 Å². The molecule has 0 aromatic heterocycles. The van der Waals surface area contributed by atoms with Crippen LogP contribution in [0.4, 0.5) is 13.2 Å². The summed E-state index contributed by atoms with van der Waals surface area (Å²) in [4.78, 5) is 10.6. The highest BCUT2D eigenvalue weighted by Gasteiger charge is 2.21. The third-order valence-electron chi connectivity index (χ3n) is 1.60. The average molecular weight is 205 g/mol. The van der Waals surface area contributed by atoms with Gasteiger partial charge in [0, 0.05) is 0 Å². The van der Waals surface area contributed by atoms with Crippen LogP contribution in [0.25, 0.3) is 0 Å². The standard InChI is InChI=1S/C8H6F3NO2/c1-14-4-2-3(8(12)13)5(9)7(11)6(4)10/h2H,1H3,(H2,12,13). The Kier molecular flexibility index (Phi) is 2.64. The van der Waals surface area contributed by atoms with E-state index in [0.29, 0.717) is 6.07 Å². The summed E-state index contributed by atoms with van der Waals surface area (Å²) < 4.78 is 42.8. The van der Waals surface area contributed by atoms with E-state index >= 15 is 0 Å². The topological polar surface area (TPSA) is 52.3 Å². The van der Waals surface area contributed by atoms with Crippen LogP contribution in [0.2, 0.25) is 0 Å². The number of nitrogens with two attached hydrogens (primary N) is 1. The Morgan fingerprint density at radius 2 is 1.86 bits per heavy atom. The molecule has 0 saturated heterocycles. The van der Waals surface area contributed by atoms with Gasteiger partial charge in [0.1, 0.15) is 0 Å². The van der Waals surface area contributed by atoms with E-state index in [4.69, 9.17) is 5.73 Å². The molecule has 1 aromatic rings. The summed E-state index contributed by atoms with van der Waals surface area (Å²) in [6.07, 6.45) is 0. The summed E-state index contributed by atoms with van der Waals surface area (Å²) in [6, 6.07) is 0.704. The Bertz CT molecular complexity index is 393. The van der Waals surface area contributed by atoms with E-state index in [9.17, 15) is 18.0 Å². The van der Waals surface area contributed by atoms with E-state index in [2.05, 4.69) is 4.74 Å². The third-order valence-corrected chi connectivity index (χ3v) is 1.60. The second kappa shape index (κ2) is 3.57. The van der Waals surface area contributed by atoms with E-state index in [-0.39, 0.29) is 0 Å². The van der Waals surface area contributed by atoms with Crippen LogP contribution in [-0.4, -0.2) is 13.0 Å². The zero-order valence-corrected chi connectivity index (χ0v) is 7.11. The van der Waals surface area contributed by atoms with Crippen LogP contribution in [0, 0.1) is 17.5 Å². The molecule has 0 aliphatic rings. The minimum absolute atomic E-state index is 0.572. The van der Waals surface area contributed by atoms with Gasteiger partial charge in [0.2, 0.25) is 5.82 Å². The van der Waals surface area contributed by atoms with Crippen LogP contribution < -0.4 is 10.5 Å². The largest absolute Gasteiger partial charge is 0.494 e. The lowest BCUT2D eigenvalue weighted by Crippen LogP contribution is -2.15. The normalized spacial score (nSPS) is 10.0. The molecule has 0 saturated carbocycles. The van der Waals surface area contributed by atoms with Crippen molar-refractivity contribution in [1.82, 2.24) is 0 Å². The lowest BCUT2D eigenvalue weighted by molar-refractivity contribution is 0.0994. The maximum Gasteiger partial charge on any atom is 0.251 e. The first-order chi connectivity index (χ1) is 6.49. The Morgan fingerprint density at radius 1 is 1.29 bits per heavy atom. The van der Waals surface area contributed by atoms with Crippen molar-refractivity contribution in [3.63, 3.8) is 0 Å². The molecule has 1 amide bonds. The van der Waals surface area contributed by atoms with Gasteiger partial charge in [-0.2, -0.15) is 4.39 Å². The average Bonchev–Trinajstić information content (AvgIpc) is 2.14. The van der Waals surface area contributed by atoms with Gasteiger partial charge in [0.15, 0.2) is 17.4 Å². The van der Waals surface area contributed by atoms with Gasteiger partial charge in [0.05, 0.1) is 12.7 Å². The van der Waals surface area contributed by atoms with Crippen LogP contribution in [0.5, 0.6) is 5.75 Å². The molecule has 0 radical (unpaired) electrons. The number of amides is 1. The van der Waals surface area contributed by atoms with Crippen molar-refractivity contribution in [2.45, 2.75) is 0 Å². The van der Waals surface area contributed by atoms with Gasteiger partial charge in [-0.1, -0.05) is 0 Å². The summed E-state index contributed by atoms with van der Waals surface area (Å²) in [6.45, 7) is 0. The van der Waals surface area contributed by atoms with E-state index in [1.54, 1.807) is 0 Å². The maximum atomic E-state index is 12.9. The summed E-state index contributed by atoms with van der Waals surface area (Å²) in [7, 11) is 1.06. The second-order valence-electron chi connectivity index (χ2n) is 2.43. The van der Waals surface area contributed by atoms with E-state index in [1.165, 1.54) is 0 Å². The molecular weight excluding hydrogens is 199 g/mol. The monoisotopic (exact) mass is 205 g/mol. The molecule has 6 heteroatoms. The maximum absolute atomic E-state index is 12.9. The Labute approximate surface area is 77.3 Å². The smallest absolute Gasteiger partial charge is 0.251 e. The van der Waals surface area contributed by atoms with Crippen LogP contribution >= 0.6 is 0 Å². The van der Waals surface area contributed by atoms with Crippen molar-refractivity contribution in [1.29, 1.82) is 0 Å². The molecular formula is C8H6F3NO2. The van der Waals surface area contributed by atoms with Crippen molar-refractivity contribution in [2.24, 2.45) is 5.73 Å². The number of carbonyl (C=O) groups is 1. The Hall–Kier alpha value is -1.72. The first-order valence-electron chi connectivity index (χ1n) is 3.50. The van der Waals surface area contributed by atoms with Gasteiger partial charge in [-0.15, -0.1) is 0 Å². The van der Waals surface area contributed by atoms with E-state index in [1.807, 2.05) is 0 Å². The number of methoxy groups -OCH3 is 1. The van der Waals surface area contributed by atoms with Crippen molar-refractivity contribution in [3.05, 3.63) is 29.1 Å². The molecule has 14 heavy (non-hydrogen) atoms. The molecule has 1 rings (SSSR count). The zero-order chi connectivity index (χ0) is 10.9. The minimum Gasteiger partial charge on any atom is -0.494 e. The number of halogens is 3. The second-order valence-corrected chi connectivity index (χ2v) is 2.43. The predicted molar refractivity (Wildman–Crippen MR) is 41.4 cm³/mol. The lowest BCUT2D eigenvalue weighted by Gasteiger charge is -2.05. The number of hydrogen-bond donors (Lipinski definition) is 1. The van der Waals surface area contributed by atoms with Gasteiger partial charge in [-0.3, -0.25) is 4.79 Å². The summed E-state index contributed by atoms with van der Waals surface area (Å²) in [5.74, 6) is -6.65. The highest BCUT2D eigenvalue weighted by atomic mass is 19.2. The molecule has 0 fully saturated rings. The predicted octanol–water partition coefficient (Wildman–Crippen LogP) is 1.21. The molecule has 0 aliphatic carbocycles. The van der Waals surface area contributed by atoms with Gasteiger partial charge < -0.3 is 10.5 Å². The fourth-order valence-corrected chi connectivity index (χ4v) is 0.908. The molecule has 0 aliphatic heterocycles. The Balaban J connectivity index is 3.48. The molecule has 0 unspecified atom stereocenters. The molecule has 0 atom stereocenters. The van der Waals surface area contributed by atoms with Crippen LogP contribution in [0.1, 0.15) is 10.4 Å². The fourth-order valence-electron chi connectivity index (χ4n) is 0.908. The molecule has 1 aromatic carbocycles. The molecule has 3 nitrogen and oxygen atoms in total. The van der Waals surface area contributed by atoms with Gasteiger partial charge in [0.25, 0.3) is 5.91 Å². The first kappa shape index (κ1) is 10.4. The van der Waals surface area contributed by atoms with Crippen molar-refractivity contribution < 1.29 is 22.7 Å². The summed E-state index contributed by atoms with van der Waals surface area (Å²) in [5, 5.41) is 0. The SMILES string of the molecule is COc1cc(C(N)=O)c(F)c(F)c1F. The van der Waals surface area contributed by atoms with Crippen LogP contribution in [-0.2, 0) is 0 Å². The quantitative estimate of drug-likeness (QED) is 0.738. The molecule has 76 valence electrons. The van der Waals surface area contributed by atoms with Gasteiger partial charge in [-0.25, -0.2) is 8.78 Å². The molecule has 0 bridgehead atoms. The van der Waals surface area contributed by atoms with Crippen LogP contribution in [0.15, 0.2) is 6.07 Å². The molecule has 0 spiro atoms. The molecule has 2 N–H and O–H groups in total. The van der Waals surface area contributed by atoms with Crippen LogP contribution in [0.3, 0.4) is 0 Å². The van der Waals surface area contributed by atoms with Crippen molar-refractivity contribution in [2.75, 3.05) is 7.11 Å². The minimum atomic E-state index is -1.78.